The Bertz CT molecular complexity index is 1120. The number of aryl methyl sites for hydroxylation is 3. The van der Waals surface area contributed by atoms with E-state index >= 15 is 0 Å². The number of amides is 1. The van der Waals surface area contributed by atoms with Crippen LogP contribution >= 0.6 is 23.2 Å². The highest BCUT2D eigenvalue weighted by molar-refractivity contribution is 7.88. The van der Waals surface area contributed by atoms with Crippen LogP contribution in [0.2, 0.25) is 10.0 Å². The summed E-state index contributed by atoms with van der Waals surface area (Å²) < 4.78 is 27.4. The number of halogens is 2. The van der Waals surface area contributed by atoms with Gasteiger partial charge in [-0.05, 0) is 80.5 Å². The van der Waals surface area contributed by atoms with Crippen molar-refractivity contribution in [3.8, 4) is 0 Å². The molecule has 3 rings (SSSR count). The summed E-state index contributed by atoms with van der Waals surface area (Å²) in [6.45, 7) is 8.75. The van der Waals surface area contributed by atoms with E-state index < -0.39 is 10.0 Å². The first-order valence-electron chi connectivity index (χ1n) is 10.8. The lowest BCUT2D eigenvalue weighted by atomic mass is 9.95. The van der Waals surface area contributed by atoms with E-state index in [1.807, 2.05) is 13.8 Å². The Kier molecular flexibility index (Phi) is 7.92. The molecule has 174 valence electrons. The third-order valence-electron chi connectivity index (χ3n) is 6.19. The average molecular weight is 497 g/mol. The highest BCUT2D eigenvalue weighted by Gasteiger charge is 2.33. The van der Waals surface area contributed by atoms with Crippen molar-refractivity contribution >= 4 is 39.1 Å². The largest absolute Gasteiger partial charge is 0.349 e. The second-order valence-electron chi connectivity index (χ2n) is 8.73. The highest BCUT2D eigenvalue weighted by Crippen LogP contribution is 2.27. The van der Waals surface area contributed by atoms with Crippen molar-refractivity contribution in [2.24, 2.45) is 5.92 Å². The third-order valence-corrected chi connectivity index (χ3v) is 8.74. The van der Waals surface area contributed by atoms with E-state index in [2.05, 4.69) is 31.3 Å². The molecule has 0 aliphatic carbocycles. The van der Waals surface area contributed by atoms with E-state index in [4.69, 9.17) is 23.2 Å². The number of nitrogens with zero attached hydrogens (tertiary/aromatic N) is 1. The van der Waals surface area contributed by atoms with Crippen LogP contribution in [0, 0.1) is 26.7 Å². The van der Waals surface area contributed by atoms with Gasteiger partial charge >= 0.3 is 0 Å². The minimum Gasteiger partial charge on any atom is -0.349 e. The molecule has 2 aromatic rings. The Morgan fingerprint density at radius 1 is 1.09 bits per heavy atom. The third kappa shape index (κ3) is 5.84. The lowest BCUT2D eigenvalue weighted by Gasteiger charge is -2.32. The molecule has 8 heteroatoms. The summed E-state index contributed by atoms with van der Waals surface area (Å²) in [5, 5.41) is 3.81. The number of hydrogen-bond donors (Lipinski definition) is 1. The fourth-order valence-electron chi connectivity index (χ4n) is 4.20. The lowest BCUT2D eigenvalue weighted by molar-refractivity contribution is -0.126. The van der Waals surface area contributed by atoms with Crippen LogP contribution in [0.5, 0.6) is 0 Å². The number of carbonyl (C=O) groups excluding carboxylic acids is 1. The van der Waals surface area contributed by atoms with E-state index in [9.17, 15) is 13.2 Å². The second-order valence-corrected chi connectivity index (χ2v) is 11.5. The van der Waals surface area contributed by atoms with Crippen molar-refractivity contribution in [1.82, 2.24) is 9.62 Å². The van der Waals surface area contributed by atoms with Gasteiger partial charge in [0.05, 0.1) is 27.8 Å². The van der Waals surface area contributed by atoms with Gasteiger partial charge in [0.15, 0.2) is 0 Å². The molecule has 1 aliphatic rings. The molecule has 32 heavy (non-hydrogen) atoms. The summed E-state index contributed by atoms with van der Waals surface area (Å²) in [7, 11) is -3.58. The molecule has 1 amide bonds. The lowest BCUT2D eigenvalue weighted by Crippen LogP contribution is -2.46. The van der Waals surface area contributed by atoms with E-state index in [1.54, 1.807) is 18.2 Å². The molecule has 1 fully saturated rings. The van der Waals surface area contributed by atoms with Crippen LogP contribution in [0.15, 0.2) is 30.3 Å². The zero-order valence-corrected chi connectivity index (χ0v) is 21.2. The molecule has 1 saturated heterocycles. The van der Waals surface area contributed by atoms with Gasteiger partial charge in [0.1, 0.15) is 0 Å². The van der Waals surface area contributed by atoms with Gasteiger partial charge in [-0.3, -0.25) is 4.79 Å². The summed E-state index contributed by atoms with van der Waals surface area (Å²) in [6, 6.07) is 8.93. The summed E-state index contributed by atoms with van der Waals surface area (Å²) in [5.41, 5.74) is 5.20. The molecule has 1 aliphatic heterocycles. The molecule has 0 unspecified atom stereocenters. The standard InChI is InChI=1S/C24H30Cl2N2O3S/c1-15-10-17(3)21(11-16(15)2)18(4)27-24(29)20-6-5-9-28(13-20)32(30,31)14-19-7-8-22(25)23(26)12-19/h7-8,10-12,18,20H,5-6,9,13-14H2,1-4H3,(H,27,29)/t18-,20+/m1/s1. The normalized spacial score (nSPS) is 18.4. The molecule has 2 aromatic carbocycles. The molecular formula is C24H30Cl2N2O3S. The van der Waals surface area contributed by atoms with Crippen molar-refractivity contribution in [3.05, 3.63) is 68.2 Å². The number of benzene rings is 2. The molecule has 0 spiro atoms. The molecule has 1 heterocycles. The van der Waals surface area contributed by atoms with Gasteiger partial charge in [0.25, 0.3) is 0 Å². The predicted molar refractivity (Wildman–Crippen MR) is 131 cm³/mol. The van der Waals surface area contributed by atoms with Crippen LogP contribution in [0.3, 0.4) is 0 Å². The quantitative estimate of drug-likeness (QED) is 0.586. The SMILES string of the molecule is Cc1cc(C)c([C@@H](C)NC(=O)[C@H]2CCCN(S(=O)(=O)Cc3ccc(Cl)c(Cl)c3)C2)cc1C. The second kappa shape index (κ2) is 10.1. The first-order valence-corrected chi connectivity index (χ1v) is 13.1. The van der Waals surface area contributed by atoms with Gasteiger partial charge in [-0.15, -0.1) is 0 Å². The number of nitrogens with one attached hydrogen (secondary N) is 1. The van der Waals surface area contributed by atoms with Crippen LogP contribution in [-0.2, 0) is 20.6 Å². The summed E-state index contributed by atoms with van der Waals surface area (Å²) in [5.74, 6) is -0.651. The van der Waals surface area contributed by atoms with Gasteiger partial charge in [-0.2, -0.15) is 0 Å². The van der Waals surface area contributed by atoms with Gasteiger partial charge in [0.2, 0.25) is 15.9 Å². The predicted octanol–water partition coefficient (Wildman–Crippen LogP) is 5.34. The van der Waals surface area contributed by atoms with Gasteiger partial charge < -0.3 is 5.32 Å². The maximum absolute atomic E-state index is 13.0. The van der Waals surface area contributed by atoms with Crippen molar-refractivity contribution in [2.75, 3.05) is 13.1 Å². The van der Waals surface area contributed by atoms with Crippen molar-refractivity contribution in [1.29, 1.82) is 0 Å². The monoisotopic (exact) mass is 496 g/mol. The Hall–Kier alpha value is -1.60. The zero-order chi connectivity index (χ0) is 23.6. The minimum atomic E-state index is -3.58. The first-order chi connectivity index (χ1) is 15.0. The van der Waals surface area contributed by atoms with E-state index in [0.29, 0.717) is 35.0 Å². The Morgan fingerprint density at radius 3 is 2.47 bits per heavy atom. The maximum atomic E-state index is 13.0. The van der Waals surface area contributed by atoms with Gasteiger partial charge in [-0.25, -0.2) is 12.7 Å². The van der Waals surface area contributed by atoms with Crippen LogP contribution in [0.1, 0.15) is 53.6 Å². The smallest absolute Gasteiger partial charge is 0.224 e. The Balaban J connectivity index is 1.67. The molecule has 0 radical (unpaired) electrons. The number of hydrogen-bond acceptors (Lipinski definition) is 3. The molecule has 5 nitrogen and oxygen atoms in total. The van der Waals surface area contributed by atoms with Crippen LogP contribution in [0.4, 0.5) is 0 Å². The average Bonchev–Trinajstić information content (AvgIpc) is 2.73. The van der Waals surface area contributed by atoms with E-state index in [-0.39, 0.29) is 30.2 Å². The maximum Gasteiger partial charge on any atom is 0.224 e. The summed E-state index contributed by atoms with van der Waals surface area (Å²) in [4.78, 5) is 13.0. The molecular weight excluding hydrogens is 467 g/mol. The fraction of sp³-hybridized carbons (Fsp3) is 0.458. The fourth-order valence-corrected chi connectivity index (χ4v) is 6.12. The number of piperidine rings is 1. The Morgan fingerprint density at radius 2 is 1.78 bits per heavy atom. The van der Waals surface area contributed by atoms with Gasteiger partial charge in [-0.1, -0.05) is 41.4 Å². The summed E-state index contributed by atoms with van der Waals surface area (Å²) in [6.07, 6.45) is 1.32. The first kappa shape index (κ1) is 25.0. The topological polar surface area (TPSA) is 66.5 Å². The van der Waals surface area contributed by atoms with E-state index in [0.717, 1.165) is 11.1 Å². The number of carbonyl (C=O) groups is 1. The van der Waals surface area contributed by atoms with Crippen molar-refractivity contribution in [2.45, 2.75) is 52.3 Å². The van der Waals surface area contributed by atoms with E-state index in [1.165, 1.54) is 15.4 Å². The van der Waals surface area contributed by atoms with Crippen LogP contribution in [-0.4, -0.2) is 31.7 Å². The molecule has 2 atom stereocenters. The number of rotatable bonds is 6. The van der Waals surface area contributed by atoms with Crippen molar-refractivity contribution in [3.63, 3.8) is 0 Å². The van der Waals surface area contributed by atoms with Crippen LogP contribution in [0.25, 0.3) is 0 Å². The van der Waals surface area contributed by atoms with Gasteiger partial charge in [0, 0.05) is 13.1 Å². The molecule has 0 aromatic heterocycles. The number of sulfonamides is 1. The Labute approximate surface area is 201 Å². The zero-order valence-electron chi connectivity index (χ0n) is 18.9. The summed E-state index contributed by atoms with van der Waals surface area (Å²) >= 11 is 12.0. The highest BCUT2D eigenvalue weighted by atomic mass is 35.5. The molecule has 1 N–H and O–H groups in total. The molecule has 0 bridgehead atoms. The molecule has 0 saturated carbocycles. The van der Waals surface area contributed by atoms with Crippen LogP contribution < -0.4 is 5.32 Å². The minimum absolute atomic E-state index is 0.107. The van der Waals surface area contributed by atoms with Crippen molar-refractivity contribution < 1.29 is 13.2 Å².